The molecule has 1 unspecified atom stereocenters. The van der Waals surface area contributed by atoms with E-state index < -0.39 is 6.10 Å². The highest BCUT2D eigenvalue weighted by Crippen LogP contribution is 2.19. The van der Waals surface area contributed by atoms with Crippen LogP contribution in [-0.4, -0.2) is 11.1 Å². The van der Waals surface area contributed by atoms with Crippen LogP contribution in [0.5, 0.6) is 0 Å². The monoisotopic (exact) mass is 193 g/mol. The van der Waals surface area contributed by atoms with Gasteiger partial charge in [0.05, 0.1) is 6.10 Å². The number of hydrogen-bond acceptors (Lipinski definition) is 2. The van der Waals surface area contributed by atoms with E-state index in [9.17, 15) is 5.11 Å². The number of benzene rings is 1. The molecule has 2 atom stereocenters. The molecule has 0 aliphatic carbocycles. The van der Waals surface area contributed by atoms with Gasteiger partial charge >= 0.3 is 0 Å². The third kappa shape index (κ3) is 2.56. The fourth-order valence-electron chi connectivity index (χ4n) is 1.38. The largest absolute Gasteiger partial charge is 0.387 e. The Kier molecular flexibility index (Phi) is 3.67. The summed E-state index contributed by atoms with van der Waals surface area (Å²) in [5.74, 6) is 0.525. The van der Waals surface area contributed by atoms with Gasteiger partial charge in [-0.25, -0.2) is 0 Å². The first-order valence-corrected chi connectivity index (χ1v) is 5.06. The smallest absolute Gasteiger partial charge is 0.0938 e. The van der Waals surface area contributed by atoms with Crippen molar-refractivity contribution in [3.05, 3.63) is 35.4 Å². The molecule has 0 fully saturated rings. The maximum atomic E-state index is 9.70. The number of aliphatic hydroxyl groups is 1. The number of hydrogen-bond donors (Lipinski definition) is 2. The number of nitrogens with two attached hydrogens (primary N) is 1. The zero-order chi connectivity index (χ0) is 10.7. The molecule has 0 spiro atoms. The van der Waals surface area contributed by atoms with Gasteiger partial charge in [0.1, 0.15) is 0 Å². The molecule has 0 saturated carbocycles. The summed E-state index contributed by atoms with van der Waals surface area (Å²) in [5.41, 5.74) is 7.79. The van der Waals surface area contributed by atoms with Gasteiger partial charge in [-0.15, -0.1) is 0 Å². The molecule has 1 aromatic rings. The summed E-state index contributed by atoms with van der Waals surface area (Å²) in [7, 11) is 0. The van der Waals surface area contributed by atoms with Crippen LogP contribution in [0.15, 0.2) is 24.3 Å². The molecule has 0 amide bonds. The van der Waals surface area contributed by atoms with Crippen LogP contribution in [0.4, 0.5) is 0 Å². The van der Waals surface area contributed by atoms with Crippen LogP contribution in [-0.2, 0) is 0 Å². The van der Waals surface area contributed by atoms with E-state index in [0.717, 1.165) is 5.56 Å². The van der Waals surface area contributed by atoms with Crippen LogP contribution in [0.2, 0.25) is 0 Å². The van der Waals surface area contributed by atoms with Crippen molar-refractivity contribution in [3.8, 4) is 0 Å². The second kappa shape index (κ2) is 4.58. The molecule has 2 heteroatoms. The zero-order valence-corrected chi connectivity index (χ0v) is 9.07. The average Bonchev–Trinajstić information content (AvgIpc) is 2.16. The van der Waals surface area contributed by atoms with Crippen LogP contribution in [0, 0.1) is 0 Å². The van der Waals surface area contributed by atoms with E-state index >= 15 is 0 Å². The predicted octanol–water partition coefficient (Wildman–Crippen LogP) is 2.19. The van der Waals surface area contributed by atoms with E-state index in [1.165, 1.54) is 5.56 Å². The van der Waals surface area contributed by atoms with Crippen molar-refractivity contribution in [1.82, 2.24) is 0 Å². The first-order valence-electron chi connectivity index (χ1n) is 5.06. The molecule has 78 valence electrons. The first-order chi connectivity index (χ1) is 6.52. The molecule has 14 heavy (non-hydrogen) atoms. The van der Waals surface area contributed by atoms with Gasteiger partial charge in [0.2, 0.25) is 0 Å². The predicted molar refractivity (Wildman–Crippen MR) is 59.1 cm³/mol. The lowest BCUT2D eigenvalue weighted by Crippen LogP contribution is -2.24. The van der Waals surface area contributed by atoms with E-state index in [4.69, 9.17) is 5.73 Å². The van der Waals surface area contributed by atoms with Gasteiger partial charge in [0.15, 0.2) is 0 Å². The van der Waals surface area contributed by atoms with Crippen LogP contribution in [0.25, 0.3) is 0 Å². The highest BCUT2D eigenvalue weighted by Gasteiger charge is 2.11. The lowest BCUT2D eigenvalue weighted by Gasteiger charge is -2.15. The van der Waals surface area contributed by atoms with Crippen LogP contribution in [0.3, 0.4) is 0 Å². The van der Waals surface area contributed by atoms with E-state index in [0.29, 0.717) is 5.92 Å². The van der Waals surface area contributed by atoms with Crippen molar-refractivity contribution in [2.75, 3.05) is 0 Å². The minimum absolute atomic E-state index is 0.222. The van der Waals surface area contributed by atoms with Gasteiger partial charge in [0, 0.05) is 6.04 Å². The summed E-state index contributed by atoms with van der Waals surface area (Å²) >= 11 is 0. The summed E-state index contributed by atoms with van der Waals surface area (Å²) in [6.07, 6.45) is -0.559. The molecular weight excluding hydrogens is 174 g/mol. The molecule has 1 rings (SSSR count). The zero-order valence-electron chi connectivity index (χ0n) is 9.07. The fourth-order valence-corrected chi connectivity index (χ4v) is 1.38. The second-order valence-electron chi connectivity index (χ2n) is 4.13. The molecule has 0 saturated heterocycles. The van der Waals surface area contributed by atoms with Crippen molar-refractivity contribution < 1.29 is 5.11 Å². The Morgan fingerprint density at radius 3 is 1.79 bits per heavy atom. The second-order valence-corrected chi connectivity index (χ2v) is 4.13. The normalized spacial score (nSPS) is 15.6. The number of aliphatic hydroxyl groups excluding tert-OH is 1. The van der Waals surface area contributed by atoms with Crippen LogP contribution in [0.1, 0.15) is 43.9 Å². The molecule has 0 bridgehead atoms. The summed E-state index contributed by atoms with van der Waals surface area (Å²) < 4.78 is 0. The average molecular weight is 193 g/mol. The molecule has 3 N–H and O–H groups in total. The van der Waals surface area contributed by atoms with Crippen molar-refractivity contribution >= 4 is 0 Å². The summed E-state index contributed by atoms with van der Waals surface area (Å²) in [6, 6.07) is 7.77. The Balaban J connectivity index is 2.83. The standard InChI is InChI=1S/C12H19NO/c1-8(2)10-4-6-11(7-5-10)12(14)9(3)13/h4-9,12,14H,13H2,1-3H3/t9-,12?/m1/s1. The summed E-state index contributed by atoms with van der Waals surface area (Å²) in [6.45, 7) is 6.11. The van der Waals surface area contributed by atoms with E-state index in [2.05, 4.69) is 13.8 Å². The van der Waals surface area contributed by atoms with Crippen molar-refractivity contribution in [2.24, 2.45) is 5.73 Å². The lowest BCUT2D eigenvalue weighted by atomic mass is 9.98. The minimum Gasteiger partial charge on any atom is -0.387 e. The molecular formula is C12H19NO. The van der Waals surface area contributed by atoms with Gasteiger partial charge in [-0.2, -0.15) is 0 Å². The molecule has 0 heterocycles. The molecule has 0 aliphatic heterocycles. The SMILES string of the molecule is CC(C)c1ccc(C(O)[C@@H](C)N)cc1. The fraction of sp³-hybridized carbons (Fsp3) is 0.500. The number of rotatable bonds is 3. The molecule has 0 radical (unpaired) electrons. The van der Waals surface area contributed by atoms with Gasteiger partial charge in [-0.05, 0) is 24.0 Å². The Hall–Kier alpha value is -0.860. The van der Waals surface area contributed by atoms with E-state index in [1.54, 1.807) is 6.92 Å². The van der Waals surface area contributed by atoms with Gasteiger partial charge in [-0.1, -0.05) is 38.1 Å². The molecule has 0 aliphatic rings. The van der Waals surface area contributed by atoms with Gasteiger partial charge in [-0.3, -0.25) is 0 Å². The Morgan fingerprint density at radius 2 is 1.43 bits per heavy atom. The third-order valence-electron chi connectivity index (χ3n) is 2.44. The van der Waals surface area contributed by atoms with E-state index in [-0.39, 0.29) is 6.04 Å². The molecule has 0 aromatic heterocycles. The highest BCUT2D eigenvalue weighted by molar-refractivity contribution is 5.26. The quantitative estimate of drug-likeness (QED) is 0.773. The van der Waals surface area contributed by atoms with Crippen molar-refractivity contribution in [2.45, 2.75) is 38.8 Å². The van der Waals surface area contributed by atoms with Gasteiger partial charge in [0.25, 0.3) is 0 Å². The topological polar surface area (TPSA) is 46.2 Å². The Bertz CT molecular complexity index is 277. The van der Waals surface area contributed by atoms with Gasteiger partial charge < -0.3 is 10.8 Å². The molecule has 1 aromatic carbocycles. The van der Waals surface area contributed by atoms with Crippen LogP contribution >= 0.6 is 0 Å². The van der Waals surface area contributed by atoms with E-state index in [1.807, 2.05) is 24.3 Å². The van der Waals surface area contributed by atoms with Crippen molar-refractivity contribution in [1.29, 1.82) is 0 Å². The van der Waals surface area contributed by atoms with Crippen molar-refractivity contribution in [3.63, 3.8) is 0 Å². The third-order valence-corrected chi connectivity index (χ3v) is 2.44. The highest BCUT2D eigenvalue weighted by atomic mass is 16.3. The van der Waals surface area contributed by atoms with Crippen LogP contribution < -0.4 is 5.73 Å². The maximum Gasteiger partial charge on any atom is 0.0938 e. The lowest BCUT2D eigenvalue weighted by molar-refractivity contribution is 0.153. The summed E-state index contributed by atoms with van der Waals surface area (Å²) in [4.78, 5) is 0. The Labute approximate surface area is 85.8 Å². The summed E-state index contributed by atoms with van der Waals surface area (Å²) in [5, 5.41) is 9.70. The minimum atomic E-state index is -0.559. The first kappa shape index (κ1) is 11.2. The maximum absolute atomic E-state index is 9.70. The molecule has 2 nitrogen and oxygen atoms in total. The Morgan fingerprint density at radius 1 is 1.00 bits per heavy atom.